The first-order valence-electron chi connectivity index (χ1n) is 7.47. The molecule has 1 heterocycles. The van der Waals surface area contributed by atoms with Gasteiger partial charge in [-0.15, -0.1) is 0 Å². The molecule has 1 aromatic carbocycles. The van der Waals surface area contributed by atoms with Crippen LogP contribution in [0.25, 0.3) is 6.08 Å². The Balaban J connectivity index is 2.38. The van der Waals surface area contributed by atoms with Gasteiger partial charge in [0.15, 0.2) is 11.5 Å². The highest BCUT2D eigenvalue weighted by Gasteiger charge is 2.30. The van der Waals surface area contributed by atoms with Crippen LogP contribution in [0.15, 0.2) is 29.7 Å². The number of likely N-dealkylation sites (N-methyl/N-ethyl adjacent to an activating group) is 1. The summed E-state index contributed by atoms with van der Waals surface area (Å²) in [7, 11) is 0. The standard InChI is InChI=1S/C17H18ClNO3S2/c1-4-7-22-14-10-12(18)11(8-13(14)21-6-3)9-15-16(20)19(5-2)17(23)24-15/h4,8-10H,1,5-7H2,2-3H3/b15-9+. The van der Waals surface area contributed by atoms with Crippen LogP contribution in [0.1, 0.15) is 19.4 Å². The number of amides is 1. The van der Waals surface area contributed by atoms with Gasteiger partial charge >= 0.3 is 0 Å². The van der Waals surface area contributed by atoms with Crippen LogP contribution in [0, 0.1) is 0 Å². The molecule has 0 unspecified atom stereocenters. The van der Waals surface area contributed by atoms with E-state index in [1.54, 1.807) is 29.2 Å². The summed E-state index contributed by atoms with van der Waals surface area (Å²) < 4.78 is 11.7. The van der Waals surface area contributed by atoms with Gasteiger partial charge in [-0.2, -0.15) is 0 Å². The molecule has 0 atom stereocenters. The summed E-state index contributed by atoms with van der Waals surface area (Å²) in [5.74, 6) is 1.01. The van der Waals surface area contributed by atoms with Gasteiger partial charge in [0.2, 0.25) is 0 Å². The molecule has 4 nitrogen and oxygen atoms in total. The molecule has 0 saturated carbocycles. The molecule has 0 radical (unpaired) electrons. The van der Waals surface area contributed by atoms with Crippen molar-refractivity contribution in [3.63, 3.8) is 0 Å². The molecule has 1 aliphatic heterocycles. The summed E-state index contributed by atoms with van der Waals surface area (Å²) in [5, 5.41) is 0.472. The van der Waals surface area contributed by atoms with Crippen molar-refractivity contribution in [3.8, 4) is 11.5 Å². The maximum absolute atomic E-state index is 12.3. The number of rotatable bonds is 7. The Bertz CT molecular complexity index is 703. The summed E-state index contributed by atoms with van der Waals surface area (Å²) >= 11 is 12.8. The second-order valence-electron chi connectivity index (χ2n) is 4.78. The van der Waals surface area contributed by atoms with Gasteiger partial charge in [-0.3, -0.25) is 9.69 Å². The number of hydrogen-bond donors (Lipinski definition) is 0. The van der Waals surface area contributed by atoms with E-state index < -0.39 is 0 Å². The van der Waals surface area contributed by atoms with E-state index in [9.17, 15) is 4.79 Å². The van der Waals surface area contributed by atoms with Crippen LogP contribution in [0.4, 0.5) is 0 Å². The van der Waals surface area contributed by atoms with Crippen molar-refractivity contribution in [2.45, 2.75) is 13.8 Å². The zero-order valence-electron chi connectivity index (χ0n) is 13.5. The fraction of sp³-hybridized carbons (Fsp3) is 0.294. The van der Waals surface area contributed by atoms with Gasteiger partial charge in [0.05, 0.1) is 16.5 Å². The van der Waals surface area contributed by atoms with Gasteiger partial charge in [-0.05, 0) is 31.6 Å². The molecular formula is C17H18ClNO3S2. The summed E-state index contributed by atoms with van der Waals surface area (Å²) in [5.41, 5.74) is 0.683. The number of hydrogen-bond acceptors (Lipinski definition) is 5. The Labute approximate surface area is 156 Å². The van der Waals surface area contributed by atoms with E-state index in [1.807, 2.05) is 13.8 Å². The van der Waals surface area contributed by atoms with Crippen LogP contribution < -0.4 is 9.47 Å². The van der Waals surface area contributed by atoms with Gasteiger partial charge in [-0.25, -0.2) is 0 Å². The first-order valence-corrected chi connectivity index (χ1v) is 9.07. The minimum atomic E-state index is -0.103. The SMILES string of the molecule is C=CCOc1cc(Cl)c(/C=C2/SC(=S)N(CC)C2=O)cc1OCC. The van der Waals surface area contributed by atoms with Crippen molar-refractivity contribution in [2.24, 2.45) is 0 Å². The fourth-order valence-corrected chi connectivity index (χ4v) is 3.69. The van der Waals surface area contributed by atoms with Crippen molar-refractivity contribution in [1.29, 1.82) is 0 Å². The van der Waals surface area contributed by atoms with E-state index >= 15 is 0 Å². The van der Waals surface area contributed by atoms with E-state index in [-0.39, 0.29) is 5.91 Å². The second kappa shape index (κ2) is 8.55. The van der Waals surface area contributed by atoms with Crippen LogP contribution in [0.5, 0.6) is 11.5 Å². The van der Waals surface area contributed by atoms with E-state index in [1.165, 1.54) is 11.8 Å². The van der Waals surface area contributed by atoms with Gasteiger partial charge in [0.1, 0.15) is 10.9 Å². The Morgan fingerprint density at radius 1 is 1.33 bits per heavy atom. The number of thioether (sulfide) groups is 1. The molecular weight excluding hydrogens is 366 g/mol. The van der Waals surface area contributed by atoms with Crippen LogP contribution in [0.2, 0.25) is 5.02 Å². The third-order valence-electron chi connectivity index (χ3n) is 3.20. The van der Waals surface area contributed by atoms with Gasteiger partial charge in [0.25, 0.3) is 5.91 Å². The second-order valence-corrected chi connectivity index (χ2v) is 6.86. The zero-order chi connectivity index (χ0) is 17.7. The predicted molar refractivity (Wildman–Crippen MR) is 104 cm³/mol. The summed E-state index contributed by atoms with van der Waals surface area (Å²) in [6, 6.07) is 3.45. The fourth-order valence-electron chi connectivity index (χ4n) is 2.11. The number of benzene rings is 1. The number of nitrogens with zero attached hydrogens (tertiary/aromatic N) is 1. The molecule has 0 bridgehead atoms. The van der Waals surface area contributed by atoms with E-state index in [2.05, 4.69) is 6.58 Å². The number of thiocarbonyl (C=S) groups is 1. The monoisotopic (exact) mass is 383 g/mol. The quantitative estimate of drug-likeness (QED) is 0.393. The van der Waals surface area contributed by atoms with Crippen molar-refractivity contribution < 1.29 is 14.3 Å². The molecule has 0 spiro atoms. The lowest BCUT2D eigenvalue weighted by molar-refractivity contribution is -0.121. The average molecular weight is 384 g/mol. The highest BCUT2D eigenvalue weighted by atomic mass is 35.5. The Kier molecular flexibility index (Phi) is 6.71. The van der Waals surface area contributed by atoms with Crippen LogP contribution in [-0.2, 0) is 4.79 Å². The molecule has 1 amide bonds. The molecule has 0 aliphatic carbocycles. The van der Waals surface area contributed by atoms with E-state index in [0.717, 1.165) is 0 Å². The van der Waals surface area contributed by atoms with Crippen molar-refractivity contribution in [1.82, 2.24) is 4.90 Å². The van der Waals surface area contributed by atoms with Crippen molar-refractivity contribution in [3.05, 3.63) is 40.3 Å². The molecule has 24 heavy (non-hydrogen) atoms. The molecule has 0 aromatic heterocycles. The molecule has 1 aromatic rings. The lowest BCUT2D eigenvalue weighted by Gasteiger charge is -2.13. The molecule has 0 N–H and O–H groups in total. The van der Waals surface area contributed by atoms with E-state index in [0.29, 0.717) is 51.1 Å². The molecule has 2 rings (SSSR count). The predicted octanol–water partition coefficient (Wildman–Crippen LogP) is 4.52. The summed E-state index contributed by atoms with van der Waals surface area (Å²) in [6.45, 7) is 8.79. The third-order valence-corrected chi connectivity index (χ3v) is 4.90. The zero-order valence-corrected chi connectivity index (χ0v) is 15.9. The first-order chi connectivity index (χ1) is 11.5. The Hall–Kier alpha value is -1.50. The highest BCUT2D eigenvalue weighted by molar-refractivity contribution is 8.26. The minimum absolute atomic E-state index is 0.103. The lowest BCUT2D eigenvalue weighted by atomic mass is 10.1. The maximum Gasteiger partial charge on any atom is 0.266 e. The summed E-state index contributed by atoms with van der Waals surface area (Å²) in [4.78, 5) is 14.4. The topological polar surface area (TPSA) is 38.8 Å². The number of carbonyl (C=O) groups excluding carboxylic acids is 1. The third kappa shape index (κ3) is 4.12. The molecule has 7 heteroatoms. The number of carbonyl (C=O) groups is 1. The Morgan fingerprint density at radius 2 is 2.04 bits per heavy atom. The van der Waals surface area contributed by atoms with E-state index in [4.69, 9.17) is 33.3 Å². The van der Waals surface area contributed by atoms with Crippen LogP contribution >= 0.6 is 35.6 Å². The normalized spacial score (nSPS) is 16.0. The van der Waals surface area contributed by atoms with Crippen LogP contribution in [-0.4, -0.2) is 34.9 Å². The van der Waals surface area contributed by atoms with Gasteiger partial charge in [-0.1, -0.05) is 48.2 Å². The number of halogens is 1. The molecule has 1 saturated heterocycles. The van der Waals surface area contributed by atoms with Crippen molar-refractivity contribution in [2.75, 3.05) is 19.8 Å². The molecule has 1 aliphatic rings. The average Bonchev–Trinajstić information content (AvgIpc) is 2.82. The smallest absolute Gasteiger partial charge is 0.266 e. The summed E-state index contributed by atoms with van der Waals surface area (Å²) in [6.07, 6.45) is 3.38. The lowest BCUT2D eigenvalue weighted by Crippen LogP contribution is -2.27. The minimum Gasteiger partial charge on any atom is -0.490 e. The largest absolute Gasteiger partial charge is 0.490 e. The first kappa shape index (κ1) is 18.8. The Morgan fingerprint density at radius 3 is 2.62 bits per heavy atom. The molecule has 1 fully saturated rings. The molecule has 128 valence electrons. The maximum atomic E-state index is 12.3. The van der Waals surface area contributed by atoms with Gasteiger partial charge < -0.3 is 9.47 Å². The number of ether oxygens (including phenoxy) is 2. The van der Waals surface area contributed by atoms with Crippen LogP contribution in [0.3, 0.4) is 0 Å². The van der Waals surface area contributed by atoms with Gasteiger partial charge in [0, 0.05) is 12.6 Å². The highest BCUT2D eigenvalue weighted by Crippen LogP contribution is 2.38. The van der Waals surface area contributed by atoms with Crippen molar-refractivity contribution >= 4 is 51.9 Å².